The van der Waals surface area contributed by atoms with Crippen LogP contribution < -0.4 is 5.32 Å². The second-order valence-corrected chi connectivity index (χ2v) is 4.21. The number of benzene rings is 1. The minimum atomic E-state index is -0.185. The Morgan fingerprint density at radius 2 is 1.94 bits per heavy atom. The van der Waals surface area contributed by atoms with Gasteiger partial charge in [-0.25, -0.2) is 4.39 Å². The third-order valence-corrected chi connectivity index (χ3v) is 2.54. The summed E-state index contributed by atoms with van der Waals surface area (Å²) in [4.78, 5) is 0. The molecule has 0 aliphatic carbocycles. The van der Waals surface area contributed by atoms with E-state index in [2.05, 4.69) is 32.2 Å². The summed E-state index contributed by atoms with van der Waals surface area (Å²) in [5.74, 6) is 0.319. The lowest BCUT2D eigenvalue weighted by molar-refractivity contribution is 0.627. The molecule has 0 amide bonds. The molecule has 88 valence electrons. The monoisotopic (exact) mass is 221 g/mol. The van der Waals surface area contributed by atoms with Crippen molar-refractivity contribution in [2.75, 3.05) is 13.1 Å². The van der Waals surface area contributed by atoms with Crippen molar-refractivity contribution in [3.63, 3.8) is 0 Å². The minimum Gasteiger partial charge on any atom is -0.313 e. The first-order valence-corrected chi connectivity index (χ1v) is 5.80. The average Bonchev–Trinajstić information content (AvgIpc) is 2.26. The quantitative estimate of drug-likeness (QED) is 0.802. The van der Waals surface area contributed by atoms with Crippen LogP contribution in [-0.2, 0) is 0 Å². The molecule has 0 saturated heterocycles. The first-order chi connectivity index (χ1) is 7.63. The highest BCUT2D eigenvalue weighted by Gasteiger charge is 2.02. The molecular formula is C14H20FN. The van der Waals surface area contributed by atoms with Crippen molar-refractivity contribution in [2.24, 2.45) is 5.92 Å². The van der Waals surface area contributed by atoms with Gasteiger partial charge in [-0.05, 0) is 30.2 Å². The standard InChI is InChI=1S/C14H20FN/c1-4-16-10-13(11(2)3)9-12-5-7-14(15)8-6-12/h5-9,11,16H,4,10H2,1-3H3. The molecule has 0 saturated carbocycles. The Morgan fingerprint density at radius 1 is 1.31 bits per heavy atom. The van der Waals surface area contributed by atoms with Crippen molar-refractivity contribution in [3.05, 3.63) is 41.2 Å². The Labute approximate surface area is 97.4 Å². The van der Waals surface area contributed by atoms with E-state index in [0.29, 0.717) is 5.92 Å². The van der Waals surface area contributed by atoms with Crippen molar-refractivity contribution in [1.82, 2.24) is 5.32 Å². The molecule has 0 radical (unpaired) electrons. The Kier molecular flexibility index (Phi) is 5.20. The second-order valence-electron chi connectivity index (χ2n) is 4.21. The Bertz CT molecular complexity index is 338. The van der Waals surface area contributed by atoms with Crippen LogP contribution in [0.4, 0.5) is 4.39 Å². The van der Waals surface area contributed by atoms with Gasteiger partial charge in [0.1, 0.15) is 5.82 Å². The first kappa shape index (κ1) is 12.9. The number of nitrogens with one attached hydrogen (secondary N) is 1. The summed E-state index contributed by atoms with van der Waals surface area (Å²) in [7, 11) is 0. The van der Waals surface area contributed by atoms with Crippen LogP contribution in [0.15, 0.2) is 29.8 Å². The zero-order valence-electron chi connectivity index (χ0n) is 10.3. The second kappa shape index (κ2) is 6.44. The Balaban J connectivity index is 2.80. The predicted molar refractivity (Wildman–Crippen MR) is 67.8 cm³/mol. The lowest BCUT2D eigenvalue weighted by atomic mass is 10.0. The minimum absolute atomic E-state index is 0.185. The van der Waals surface area contributed by atoms with E-state index < -0.39 is 0 Å². The van der Waals surface area contributed by atoms with Gasteiger partial charge in [-0.1, -0.05) is 44.6 Å². The zero-order valence-corrected chi connectivity index (χ0v) is 10.3. The van der Waals surface area contributed by atoms with Gasteiger partial charge in [0.2, 0.25) is 0 Å². The van der Waals surface area contributed by atoms with E-state index in [9.17, 15) is 4.39 Å². The van der Waals surface area contributed by atoms with Crippen LogP contribution in [0.2, 0.25) is 0 Å². The van der Waals surface area contributed by atoms with E-state index in [1.807, 2.05) is 12.1 Å². The number of halogens is 1. The molecule has 1 rings (SSSR count). The molecule has 2 heteroatoms. The van der Waals surface area contributed by atoms with E-state index in [1.165, 1.54) is 17.7 Å². The van der Waals surface area contributed by atoms with Gasteiger partial charge >= 0.3 is 0 Å². The first-order valence-electron chi connectivity index (χ1n) is 5.80. The van der Waals surface area contributed by atoms with Gasteiger partial charge in [0, 0.05) is 6.54 Å². The van der Waals surface area contributed by atoms with Crippen LogP contribution in [-0.4, -0.2) is 13.1 Å². The van der Waals surface area contributed by atoms with Crippen LogP contribution in [0.1, 0.15) is 26.3 Å². The van der Waals surface area contributed by atoms with Gasteiger partial charge in [0.25, 0.3) is 0 Å². The number of hydrogen-bond acceptors (Lipinski definition) is 1. The largest absolute Gasteiger partial charge is 0.313 e. The van der Waals surface area contributed by atoms with Crippen LogP contribution in [0.5, 0.6) is 0 Å². The molecular weight excluding hydrogens is 201 g/mol. The zero-order chi connectivity index (χ0) is 12.0. The lowest BCUT2D eigenvalue weighted by Crippen LogP contribution is -2.18. The van der Waals surface area contributed by atoms with E-state index in [-0.39, 0.29) is 5.82 Å². The highest BCUT2D eigenvalue weighted by atomic mass is 19.1. The summed E-state index contributed by atoms with van der Waals surface area (Å²) < 4.78 is 12.8. The average molecular weight is 221 g/mol. The molecule has 0 aromatic heterocycles. The Hall–Kier alpha value is -1.15. The molecule has 0 heterocycles. The maximum absolute atomic E-state index is 12.8. The van der Waals surface area contributed by atoms with Gasteiger partial charge < -0.3 is 5.32 Å². The third-order valence-electron chi connectivity index (χ3n) is 2.54. The van der Waals surface area contributed by atoms with Crippen LogP contribution >= 0.6 is 0 Å². The Morgan fingerprint density at radius 3 is 2.44 bits per heavy atom. The smallest absolute Gasteiger partial charge is 0.123 e. The normalized spacial score (nSPS) is 12.2. The SMILES string of the molecule is CCNCC(=Cc1ccc(F)cc1)C(C)C. The van der Waals surface area contributed by atoms with E-state index in [4.69, 9.17) is 0 Å². The lowest BCUT2D eigenvalue weighted by Gasteiger charge is -2.12. The molecule has 0 fully saturated rings. The van der Waals surface area contributed by atoms with Gasteiger partial charge in [-0.2, -0.15) is 0 Å². The summed E-state index contributed by atoms with van der Waals surface area (Å²) in [5, 5.41) is 3.32. The fourth-order valence-corrected chi connectivity index (χ4v) is 1.46. The molecule has 0 aliphatic heterocycles. The molecule has 0 atom stereocenters. The van der Waals surface area contributed by atoms with Gasteiger partial charge in [0.15, 0.2) is 0 Å². The number of rotatable bonds is 5. The third kappa shape index (κ3) is 4.15. The summed E-state index contributed by atoms with van der Waals surface area (Å²) in [6.45, 7) is 8.30. The van der Waals surface area contributed by atoms with Gasteiger partial charge in [-0.15, -0.1) is 0 Å². The maximum Gasteiger partial charge on any atom is 0.123 e. The number of hydrogen-bond donors (Lipinski definition) is 1. The van der Waals surface area contributed by atoms with Crippen molar-refractivity contribution in [3.8, 4) is 0 Å². The van der Waals surface area contributed by atoms with Gasteiger partial charge in [-0.3, -0.25) is 0 Å². The van der Waals surface area contributed by atoms with E-state index >= 15 is 0 Å². The topological polar surface area (TPSA) is 12.0 Å². The molecule has 0 spiro atoms. The predicted octanol–water partition coefficient (Wildman–Crippen LogP) is 3.47. The summed E-state index contributed by atoms with van der Waals surface area (Å²) in [6, 6.07) is 6.61. The molecule has 16 heavy (non-hydrogen) atoms. The fraction of sp³-hybridized carbons (Fsp3) is 0.429. The van der Waals surface area contributed by atoms with Crippen molar-refractivity contribution >= 4 is 6.08 Å². The molecule has 1 aromatic rings. The fourth-order valence-electron chi connectivity index (χ4n) is 1.46. The highest BCUT2D eigenvalue weighted by Crippen LogP contribution is 2.14. The van der Waals surface area contributed by atoms with Crippen LogP contribution in [0.3, 0.4) is 0 Å². The molecule has 1 aromatic carbocycles. The molecule has 0 bridgehead atoms. The van der Waals surface area contributed by atoms with Crippen molar-refractivity contribution < 1.29 is 4.39 Å². The molecule has 1 nitrogen and oxygen atoms in total. The summed E-state index contributed by atoms with van der Waals surface area (Å²) >= 11 is 0. The maximum atomic E-state index is 12.8. The molecule has 1 N–H and O–H groups in total. The molecule has 0 unspecified atom stereocenters. The van der Waals surface area contributed by atoms with E-state index in [0.717, 1.165) is 18.7 Å². The highest BCUT2D eigenvalue weighted by molar-refractivity contribution is 5.53. The number of likely N-dealkylation sites (N-methyl/N-ethyl adjacent to an activating group) is 1. The van der Waals surface area contributed by atoms with Crippen LogP contribution in [0, 0.1) is 11.7 Å². The summed E-state index contributed by atoms with van der Waals surface area (Å²) in [6.07, 6.45) is 2.13. The summed E-state index contributed by atoms with van der Waals surface area (Å²) in [5.41, 5.74) is 2.40. The van der Waals surface area contributed by atoms with Crippen LogP contribution in [0.25, 0.3) is 6.08 Å². The van der Waals surface area contributed by atoms with Gasteiger partial charge in [0.05, 0.1) is 0 Å². The van der Waals surface area contributed by atoms with Crippen molar-refractivity contribution in [2.45, 2.75) is 20.8 Å². The van der Waals surface area contributed by atoms with Crippen molar-refractivity contribution in [1.29, 1.82) is 0 Å². The molecule has 0 aliphatic rings. The van der Waals surface area contributed by atoms with E-state index in [1.54, 1.807) is 0 Å².